The first-order valence-corrected chi connectivity index (χ1v) is 7.23. The number of allylic oxidation sites excluding steroid dienone is 1. The van der Waals surface area contributed by atoms with Gasteiger partial charge in [0, 0.05) is 28.6 Å². The van der Waals surface area contributed by atoms with Crippen LogP contribution in [0, 0.1) is 16.7 Å². The highest BCUT2D eigenvalue weighted by atomic mass is 16.1. The molecule has 2 fully saturated rings. The molecule has 0 heterocycles. The van der Waals surface area contributed by atoms with Gasteiger partial charge < -0.3 is 11.1 Å². The lowest BCUT2D eigenvalue weighted by atomic mass is 9.70. The number of rotatable bonds is 2. The fourth-order valence-electron chi connectivity index (χ4n) is 3.83. The monoisotopic (exact) mass is 270 g/mol. The SMILES string of the molecule is CC1(C)[C@H]2CC[C@]1(C)C(=O)/C2=C\Nc1ccc(N)cc1. The van der Waals surface area contributed by atoms with Gasteiger partial charge in [0.2, 0.25) is 0 Å². The quantitative estimate of drug-likeness (QED) is 0.638. The molecule has 20 heavy (non-hydrogen) atoms. The zero-order valence-corrected chi connectivity index (χ0v) is 12.4. The topological polar surface area (TPSA) is 55.1 Å². The smallest absolute Gasteiger partial charge is 0.167 e. The second-order valence-corrected chi connectivity index (χ2v) is 6.84. The molecule has 0 aromatic heterocycles. The molecule has 1 aromatic carbocycles. The van der Waals surface area contributed by atoms with Crippen LogP contribution in [-0.2, 0) is 4.79 Å². The van der Waals surface area contributed by atoms with Gasteiger partial charge in [0.25, 0.3) is 0 Å². The molecular formula is C17H22N2O. The molecule has 1 aromatic rings. The molecule has 0 saturated heterocycles. The van der Waals surface area contributed by atoms with E-state index in [-0.39, 0.29) is 10.8 Å². The third-order valence-corrected chi connectivity index (χ3v) is 5.67. The first-order chi connectivity index (χ1) is 9.36. The molecular weight excluding hydrogens is 248 g/mol. The van der Waals surface area contributed by atoms with Crippen LogP contribution in [0.3, 0.4) is 0 Å². The van der Waals surface area contributed by atoms with Gasteiger partial charge in [-0.05, 0) is 48.4 Å². The molecule has 2 atom stereocenters. The highest BCUT2D eigenvalue weighted by Crippen LogP contribution is 2.65. The zero-order valence-electron chi connectivity index (χ0n) is 12.4. The van der Waals surface area contributed by atoms with Crippen LogP contribution in [0.1, 0.15) is 33.6 Å². The Bertz CT molecular complexity index is 586. The highest BCUT2D eigenvalue weighted by molar-refractivity contribution is 6.04. The molecule has 0 spiro atoms. The number of nitrogen functional groups attached to an aromatic ring is 1. The van der Waals surface area contributed by atoms with E-state index in [1.807, 2.05) is 30.5 Å². The van der Waals surface area contributed by atoms with Crippen molar-refractivity contribution in [3.05, 3.63) is 36.0 Å². The van der Waals surface area contributed by atoms with Crippen LogP contribution in [0.15, 0.2) is 36.0 Å². The predicted molar refractivity (Wildman–Crippen MR) is 82.2 cm³/mol. The lowest BCUT2D eigenvalue weighted by Gasteiger charge is -2.31. The van der Waals surface area contributed by atoms with Crippen LogP contribution >= 0.6 is 0 Å². The van der Waals surface area contributed by atoms with E-state index >= 15 is 0 Å². The van der Waals surface area contributed by atoms with E-state index in [0.29, 0.717) is 11.7 Å². The number of hydrogen-bond donors (Lipinski definition) is 2. The van der Waals surface area contributed by atoms with Crippen LogP contribution in [0.4, 0.5) is 11.4 Å². The van der Waals surface area contributed by atoms with E-state index in [9.17, 15) is 4.79 Å². The van der Waals surface area contributed by atoms with E-state index in [1.54, 1.807) is 0 Å². The van der Waals surface area contributed by atoms with Gasteiger partial charge in [0.15, 0.2) is 5.78 Å². The van der Waals surface area contributed by atoms with Gasteiger partial charge >= 0.3 is 0 Å². The third kappa shape index (κ3) is 1.62. The van der Waals surface area contributed by atoms with E-state index in [1.165, 1.54) is 0 Å². The molecule has 2 aliphatic carbocycles. The van der Waals surface area contributed by atoms with Gasteiger partial charge in [-0.25, -0.2) is 0 Å². The highest BCUT2D eigenvalue weighted by Gasteiger charge is 2.63. The maximum atomic E-state index is 12.7. The van der Waals surface area contributed by atoms with E-state index in [4.69, 9.17) is 5.73 Å². The number of fused-ring (bicyclic) bond motifs is 2. The summed E-state index contributed by atoms with van der Waals surface area (Å²) < 4.78 is 0. The first kappa shape index (κ1) is 13.2. The van der Waals surface area contributed by atoms with Crippen LogP contribution in [0.5, 0.6) is 0 Å². The second-order valence-electron chi connectivity index (χ2n) is 6.84. The van der Waals surface area contributed by atoms with Crippen molar-refractivity contribution >= 4 is 17.2 Å². The Hall–Kier alpha value is -1.77. The molecule has 2 aliphatic rings. The Morgan fingerprint density at radius 2 is 1.90 bits per heavy atom. The molecule has 0 amide bonds. The molecule has 3 N–H and O–H groups in total. The summed E-state index contributed by atoms with van der Waals surface area (Å²) in [7, 11) is 0. The molecule has 106 valence electrons. The van der Waals surface area contributed by atoms with E-state index in [0.717, 1.165) is 29.8 Å². The minimum Gasteiger partial charge on any atom is -0.399 e. The Morgan fingerprint density at radius 1 is 1.25 bits per heavy atom. The summed E-state index contributed by atoms with van der Waals surface area (Å²) in [6, 6.07) is 7.57. The largest absolute Gasteiger partial charge is 0.399 e. The molecule has 0 unspecified atom stereocenters. The van der Waals surface area contributed by atoms with Gasteiger partial charge in [-0.3, -0.25) is 4.79 Å². The minimum absolute atomic E-state index is 0.0682. The van der Waals surface area contributed by atoms with Crippen molar-refractivity contribution in [1.29, 1.82) is 0 Å². The molecule has 3 nitrogen and oxygen atoms in total. The van der Waals surface area contributed by atoms with E-state index in [2.05, 4.69) is 26.1 Å². The maximum Gasteiger partial charge on any atom is 0.167 e. The van der Waals surface area contributed by atoms with Crippen molar-refractivity contribution in [3.63, 3.8) is 0 Å². The second kappa shape index (κ2) is 4.11. The molecule has 2 saturated carbocycles. The minimum atomic E-state index is -0.188. The van der Waals surface area contributed by atoms with Gasteiger partial charge in [0.1, 0.15) is 0 Å². The number of carbonyl (C=O) groups excluding carboxylic acids is 1. The number of nitrogens with one attached hydrogen (secondary N) is 1. The van der Waals surface area contributed by atoms with Crippen molar-refractivity contribution in [2.24, 2.45) is 16.7 Å². The summed E-state index contributed by atoms with van der Waals surface area (Å²) in [4.78, 5) is 12.7. The molecule has 0 aliphatic heterocycles. The number of carbonyl (C=O) groups is 1. The van der Waals surface area contributed by atoms with Gasteiger partial charge in [-0.1, -0.05) is 20.8 Å². The molecule has 0 radical (unpaired) electrons. The Balaban J connectivity index is 1.87. The summed E-state index contributed by atoms with van der Waals surface area (Å²) in [5, 5.41) is 3.25. The Kier molecular flexibility index (Phi) is 2.72. The summed E-state index contributed by atoms with van der Waals surface area (Å²) >= 11 is 0. The summed E-state index contributed by atoms with van der Waals surface area (Å²) in [5.74, 6) is 0.697. The van der Waals surface area contributed by atoms with Crippen molar-refractivity contribution in [1.82, 2.24) is 0 Å². The number of anilines is 2. The average molecular weight is 270 g/mol. The lowest BCUT2D eigenvalue weighted by molar-refractivity contribution is -0.125. The van der Waals surface area contributed by atoms with Crippen molar-refractivity contribution < 1.29 is 4.79 Å². The summed E-state index contributed by atoms with van der Waals surface area (Å²) in [6.07, 6.45) is 4.04. The Morgan fingerprint density at radius 3 is 2.45 bits per heavy atom. The number of hydrogen-bond acceptors (Lipinski definition) is 3. The molecule has 3 heteroatoms. The normalized spacial score (nSPS) is 32.9. The zero-order chi connectivity index (χ0) is 14.5. The van der Waals surface area contributed by atoms with Crippen LogP contribution < -0.4 is 11.1 Å². The Labute approximate surface area is 120 Å². The van der Waals surface area contributed by atoms with Crippen LogP contribution in [-0.4, -0.2) is 5.78 Å². The third-order valence-electron chi connectivity index (χ3n) is 5.67. The maximum absolute atomic E-state index is 12.7. The van der Waals surface area contributed by atoms with E-state index < -0.39 is 0 Å². The average Bonchev–Trinajstić information content (AvgIpc) is 2.71. The summed E-state index contributed by atoms with van der Waals surface area (Å²) in [6.45, 7) is 6.58. The number of Topliss-reactive ketones (excluding diaryl/α,β-unsaturated/α-hetero) is 1. The van der Waals surface area contributed by atoms with Gasteiger partial charge in [0.05, 0.1) is 0 Å². The fourth-order valence-corrected chi connectivity index (χ4v) is 3.83. The molecule has 3 rings (SSSR count). The van der Waals surface area contributed by atoms with Crippen molar-refractivity contribution in [2.75, 3.05) is 11.1 Å². The van der Waals surface area contributed by atoms with Gasteiger partial charge in [-0.2, -0.15) is 0 Å². The first-order valence-electron chi connectivity index (χ1n) is 7.23. The number of ketones is 1. The van der Waals surface area contributed by atoms with Crippen LogP contribution in [0.25, 0.3) is 0 Å². The van der Waals surface area contributed by atoms with Crippen molar-refractivity contribution in [3.8, 4) is 0 Å². The van der Waals surface area contributed by atoms with Gasteiger partial charge in [-0.15, -0.1) is 0 Å². The molecule has 2 bridgehead atoms. The predicted octanol–water partition coefficient (Wildman–Crippen LogP) is 3.59. The lowest BCUT2D eigenvalue weighted by Crippen LogP contribution is -2.32. The van der Waals surface area contributed by atoms with Crippen LogP contribution in [0.2, 0.25) is 0 Å². The summed E-state index contributed by atoms with van der Waals surface area (Å²) in [5.41, 5.74) is 8.22. The number of benzene rings is 1. The fraction of sp³-hybridized carbons (Fsp3) is 0.471. The number of nitrogens with two attached hydrogens (primary N) is 1. The standard InChI is InChI=1S/C17H22N2O/c1-16(2)14-8-9-17(16,3)15(20)13(14)10-19-12-6-4-11(18)5-7-12/h4-7,10,14,19H,8-9,18H2,1-3H3/b13-10-/t14-,17+/m0/s1. The van der Waals surface area contributed by atoms with Crippen molar-refractivity contribution in [2.45, 2.75) is 33.6 Å².